The summed E-state index contributed by atoms with van der Waals surface area (Å²) in [5, 5.41) is 1.13. The molecule has 3 nitrogen and oxygen atoms in total. The predicted molar refractivity (Wildman–Crippen MR) is 206 cm³/mol. The smallest absolute Gasteiger partial charge is 0.128 e. The van der Waals surface area contributed by atoms with Crippen LogP contribution in [-0.2, 0) is 16.2 Å². The normalized spacial score (nSPS) is 13.6. The molecule has 0 atom stereocenters. The van der Waals surface area contributed by atoms with E-state index in [-0.39, 0.29) is 10.8 Å². The number of aromatic nitrogens is 2. The molecular weight excluding hydrogens is 609 g/mol. The molecule has 0 unspecified atom stereocenters. The first kappa shape index (κ1) is 31.7. The summed E-state index contributed by atoms with van der Waals surface area (Å²) in [6.07, 6.45) is 1.92. The summed E-state index contributed by atoms with van der Waals surface area (Å²) in [6, 6.07) is 49.6. The standard InChI is InChI=1S/C47H42N2O/c1-45(2,3)33-21-23-38-39-24-22-34(46(4,5)6)30-41(39)47(40(38)29-33,44-19-9-10-26-48-44)35-15-12-17-37(28-35)50-36-16-11-14-32(27-36)43-25-20-31-13-7-8-18-42(31)49-43/h7-30H,1-6H3. The van der Waals surface area contributed by atoms with Crippen LogP contribution in [0.1, 0.15) is 75.1 Å². The molecule has 3 heteroatoms. The molecule has 0 fully saturated rings. The van der Waals surface area contributed by atoms with Crippen LogP contribution in [0.15, 0.2) is 146 Å². The number of hydrogen-bond acceptors (Lipinski definition) is 3. The van der Waals surface area contributed by atoms with E-state index in [2.05, 4.69) is 145 Å². The number of rotatable bonds is 5. The zero-order valence-corrected chi connectivity index (χ0v) is 29.7. The third-order valence-electron chi connectivity index (χ3n) is 10.1. The van der Waals surface area contributed by atoms with E-state index in [0.717, 1.165) is 44.9 Å². The highest BCUT2D eigenvalue weighted by Gasteiger charge is 2.48. The molecule has 0 aliphatic heterocycles. The topological polar surface area (TPSA) is 35.0 Å². The average Bonchev–Trinajstić information content (AvgIpc) is 3.41. The van der Waals surface area contributed by atoms with Crippen molar-refractivity contribution in [2.24, 2.45) is 0 Å². The lowest BCUT2D eigenvalue weighted by Crippen LogP contribution is -2.30. The van der Waals surface area contributed by atoms with Gasteiger partial charge in [0.25, 0.3) is 0 Å². The van der Waals surface area contributed by atoms with E-state index in [9.17, 15) is 0 Å². The van der Waals surface area contributed by atoms with Crippen LogP contribution in [0.2, 0.25) is 0 Å². The number of nitrogens with zero attached hydrogens (tertiary/aromatic N) is 2. The van der Waals surface area contributed by atoms with Gasteiger partial charge in [-0.15, -0.1) is 0 Å². The molecule has 50 heavy (non-hydrogen) atoms. The van der Waals surface area contributed by atoms with Gasteiger partial charge in [-0.1, -0.05) is 133 Å². The minimum atomic E-state index is -0.648. The van der Waals surface area contributed by atoms with Crippen molar-refractivity contribution >= 4 is 10.9 Å². The molecule has 0 spiro atoms. The molecule has 0 bridgehead atoms. The zero-order valence-electron chi connectivity index (χ0n) is 29.7. The predicted octanol–water partition coefficient (Wildman–Crippen LogP) is 12.0. The maximum atomic E-state index is 6.69. The lowest BCUT2D eigenvalue weighted by Gasteiger charge is -2.34. The number of fused-ring (bicyclic) bond motifs is 4. The maximum absolute atomic E-state index is 6.69. The van der Waals surface area contributed by atoms with Crippen LogP contribution in [0.25, 0.3) is 33.3 Å². The Morgan fingerprint density at radius 1 is 0.540 bits per heavy atom. The van der Waals surface area contributed by atoms with E-state index in [0.29, 0.717) is 0 Å². The van der Waals surface area contributed by atoms with E-state index in [1.54, 1.807) is 0 Å². The molecule has 2 aromatic heterocycles. The van der Waals surface area contributed by atoms with Gasteiger partial charge in [-0.25, -0.2) is 4.98 Å². The Kier molecular flexibility index (Phi) is 7.49. The van der Waals surface area contributed by atoms with Crippen LogP contribution < -0.4 is 4.74 Å². The minimum Gasteiger partial charge on any atom is -0.457 e. The van der Waals surface area contributed by atoms with Gasteiger partial charge in [0.05, 0.1) is 22.3 Å². The number of para-hydroxylation sites is 1. The van der Waals surface area contributed by atoms with E-state index in [1.807, 2.05) is 42.6 Å². The van der Waals surface area contributed by atoms with Crippen molar-refractivity contribution < 1.29 is 4.74 Å². The largest absolute Gasteiger partial charge is 0.457 e. The third kappa shape index (κ3) is 5.38. The van der Waals surface area contributed by atoms with Crippen molar-refractivity contribution in [1.29, 1.82) is 0 Å². The van der Waals surface area contributed by atoms with Crippen molar-refractivity contribution in [3.8, 4) is 33.9 Å². The molecule has 0 saturated carbocycles. The molecule has 0 N–H and O–H groups in total. The Balaban J connectivity index is 1.30. The van der Waals surface area contributed by atoms with Gasteiger partial charge in [0.15, 0.2) is 0 Å². The summed E-state index contributed by atoms with van der Waals surface area (Å²) in [7, 11) is 0. The third-order valence-corrected chi connectivity index (χ3v) is 10.1. The molecule has 0 radical (unpaired) electrons. The molecule has 0 saturated heterocycles. The summed E-state index contributed by atoms with van der Waals surface area (Å²) >= 11 is 0. The van der Waals surface area contributed by atoms with Gasteiger partial charge in [0.2, 0.25) is 0 Å². The molecule has 2 heterocycles. The fourth-order valence-electron chi connectivity index (χ4n) is 7.45. The highest BCUT2D eigenvalue weighted by molar-refractivity contribution is 5.87. The Labute approximate surface area is 295 Å². The summed E-state index contributed by atoms with van der Waals surface area (Å²) in [5.41, 5.74) is 11.9. The van der Waals surface area contributed by atoms with E-state index >= 15 is 0 Å². The molecule has 7 aromatic rings. The van der Waals surface area contributed by atoms with Crippen molar-refractivity contribution in [1.82, 2.24) is 9.97 Å². The van der Waals surface area contributed by atoms with Crippen molar-refractivity contribution in [3.63, 3.8) is 0 Å². The first-order valence-corrected chi connectivity index (χ1v) is 17.5. The molecule has 1 aliphatic carbocycles. The number of ether oxygens (including phenoxy) is 1. The van der Waals surface area contributed by atoms with Gasteiger partial charge in [-0.2, -0.15) is 0 Å². The van der Waals surface area contributed by atoms with E-state index < -0.39 is 5.41 Å². The Hall–Kier alpha value is -5.54. The van der Waals surface area contributed by atoms with Crippen LogP contribution in [0.3, 0.4) is 0 Å². The highest BCUT2D eigenvalue weighted by Crippen LogP contribution is 2.57. The van der Waals surface area contributed by atoms with Crippen LogP contribution in [-0.4, -0.2) is 9.97 Å². The molecule has 0 amide bonds. The summed E-state index contributed by atoms with van der Waals surface area (Å²) < 4.78 is 6.69. The van der Waals surface area contributed by atoms with Gasteiger partial charge in [0.1, 0.15) is 11.5 Å². The lowest BCUT2D eigenvalue weighted by molar-refractivity contribution is 0.481. The van der Waals surface area contributed by atoms with Crippen molar-refractivity contribution in [2.45, 2.75) is 57.8 Å². The summed E-state index contributed by atoms with van der Waals surface area (Å²) in [6.45, 7) is 13.7. The number of benzene rings is 5. The second-order valence-corrected chi connectivity index (χ2v) is 15.5. The van der Waals surface area contributed by atoms with Crippen molar-refractivity contribution in [3.05, 3.63) is 179 Å². The van der Waals surface area contributed by atoms with Crippen LogP contribution in [0.4, 0.5) is 0 Å². The molecular formula is C47H42N2O. The van der Waals surface area contributed by atoms with Gasteiger partial charge in [-0.3, -0.25) is 4.98 Å². The molecule has 8 rings (SSSR count). The van der Waals surface area contributed by atoms with Crippen LogP contribution in [0, 0.1) is 0 Å². The first-order valence-electron chi connectivity index (χ1n) is 17.5. The number of hydrogen-bond donors (Lipinski definition) is 0. The lowest BCUT2D eigenvalue weighted by atomic mass is 9.68. The fraction of sp³-hybridized carbons (Fsp3) is 0.191. The Bertz CT molecular complexity index is 2310. The number of pyridine rings is 2. The SMILES string of the molecule is CC(C)(C)c1ccc2c(c1)C(c1cccc(Oc3cccc(-c4ccc5ccccc5n4)c3)c1)(c1ccccn1)c1cc(C(C)(C)C)ccc1-2. The van der Waals surface area contributed by atoms with Gasteiger partial charge < -0.3 is 4.74 Å². The summed E-state index contributed by atoms with van der Waals surface area (Å²) in [5.74, 6) is 1.54. The second kappa shape index (κ2) is 11.8. The second-order valence-electron chi connectivity index (χ2n) is 15.5. The zero-order chi connectivity index (χ0) is 34.7. The quantitative estimate of drug-likeness (QED) is 0.186. The fourth-order valence-corrected chi connectivity index (χ4v) is 7.45. The Morgan fingerprint density at radius 2 is 1.18 bits per heavy atom. The van der Waals surface area contributed by atoms with Crippen molar-refractivity contribution in [2.75, 3.05) is 0 Å². The Morgan fingerprint density at radius 3 is 1.84 bits per heavy atom. The monoisotopic (exact) mass is 650 g/mol. The average molecular weight is 651 g/mol. The van der Waals surface area contributed by atoms with E-state index in [4.69, 9.17) is 14.7 Å². The van der Waals surface area contributed by atoms with Gasteiger partial charge in [0, 0.05) is 17.1 Å². The van der Waals surface area contributed by atoms with E-state index in [1.165, 1.54) is 33.4 Å². The highest BCUT2D eigenvalue weighted by atomic mass is 16.5. The molecule has 1 aliphatic rings. The first-order chi connectivity index (χ1) is 24.0. The minimum absolute atomic E-state index is 0.0217. The van der Waals surface area contributed by atoms with Gasteiger partial charge in [-0.05, 0) is 98.3 Å². The maximum Gasteiger partial charge on any atom is 0.128 e. The van der Waals surface area contributed by atoms with Crippen LogP contribution >= 0.6 is 0 Å². The van der Waals surface area contributed by atoms with Crippen LogP contribution in [0.5, 0.6) is 11.5 Å². The van der Waals surface area contributed by atoms with Gasteiger partial charge >= 0.3 is 0 Å². The summed E-state index contributed by atoms with van der Waals surface area (Å²) in [4.78, 5) is 10.1. The molecule has 246 valence electrons. The molecule has 5 aromatic carbocycles.